The van der Waals surface area contributed by atoms with Crippen molar-refractivity contribution in [2.24, 2.45) is 17.8 Å². The van der Waals surface area contributed by atoms with Crippen molar-refractivity contribution in [2.75, 3.05) is 47.5 Å². The molecule has 1 spiro atoms. The van der Waals surface area contributed by atoms with Crippen LogP contribution in [0.3, 0.4) is 0 Å². The monoisotopic (exact) mass is 658 g/mol. The quantitative estimate of drug-likeness (QED) is 0.260. The predicted octanol–water partition coefficient (Wildman–Crippen LogP) is 5.77. The van der Waals surface area contributed by atoms with Crippen LogP contribution in [0.25, 0.3) is 0 Å². The summed E-state index contributed by atoms with van der Waals surface area (Å²) in [6.45, 7) is 20.1. The number of rotatable bonds is 14. The maximum absolute atomic E-state index is 15.1. The number of aliphatic hydroxyl groups is 1. The lowest BCUT2D eigenvalue weighted by molar-refractivity contribution is -0.143. The normalized spacial score (nSPS) is 26.7. The molecule has 8 nitrogen and oxygen atoms in total. The van der Waals surface area contributed by atoms with Crippen LogP contribution in [-0.4, -0.2) is 82.1 Å². The second-order valence-corrected chi connectivity index (χ2v) is 15.4. The molecular formula is C38H50N4O4S. The van der Waals surface area contributed by atoms with Gasteiger partial charge in [0.25, 0.3) is 5.91 Å². The summed E-state index contributed by atoms with van der Waals surface area (Å²) in [6, 6.07) is 16.0. The van der Waals surface area contributed by atoms with Gasteiger partial charge in [0, 0.05) is 48.0 Å². The number of nitrogens with zero attached hydrogens (tertiary/aromatic N) is 4. The van der Waals surface area contributed by atoms with Gasteiger partial charge in [-0.15, -0.1) is 24.9 Å². The van der Waals surface area contributed by atoms with Gasteiger partial charge in [0.2, 0.25) is 11.8 Å². The van der Waals surface area contributed by atoms with E-state index in [9.17, 15) is 14.7 Å². The summed E-state index contributed by atoms with van der Waals surface area (Å²) in [4.78, 5) is 52.0. The van der Waals surface area contributed by atoms with Crippen molar-refractivity contribution >= 4 is 46.5 Å². The Hall–Kier alpha value is -3.56. The molecule has 3 amide bonds. The number of hydrogen-bond acceptors (Lipinski definition) is 6. The van der Waals surface area contributed by atoms with Crippen LogP contribution in [0.4, 0.5) is 17.1 Å². The standard InChI is InChI=1S/C38H50N4O4S/c1-8-23-40(28-15-13-12-14-16-28)34(44)31-32-35(45)42(30(25-43)26(5)6)33(38(32)22-21-37(31,7)47-38)36(46)41(24-9-2)29-19-17-27(18-20-29)39(10-3)11-4/h8-9,12-20,26,30-33,43H,1-2,10-11,21-25H2,3-7H3/t30-,31+,32-,33?,37-,38?/m0/s1. The van der Waals surface area contributed by atoms with Crippen LogP contribution in [0.15, 0.2) is 79.9 Å². The van der Waals surface area contributed by atoms with Crippen molar-refractivity contribution in [3.05, 3.63) is 79.9 Å². The Kier molecular flexibility index (Phi) is 10.3. The summed E-state index contributed by atoms with van der Waals surface area (Å²) in [7, 11) is 0. The first-order valence-electron chi connectivity index (χ1n) is 16.9. The zero-order chi connectivity index (χ0) is 34.1. The highest BCUT2D eigenvalue weighted by atomic mass is 32.2. The third kappa shape index (κ3) is 5.79. The number of benzene rings is 2. The van der Waals surface area contributed by atoms with Gasteiger partial charge in [-0.1, -0.05) is 44.2 Å². The molecule has 0 aromatic heterocycles. The molecule has 3 aliphatic rings. The van der Waals surface area contributed by atoms with Gasteiger partial charge in [-0.05, 0) is 75.9 Å². The zero-order valence-corrected chi connectivity index (χ0v) is 29.3. The molecule has 2 bridgehead atoms. The molecule has 47 heavy (non-hydrogen) atoms. The minimum atomic E-state index is -0.851. The minimum Gasteiger partial charge on any atom is -0.394 e. The first kappa shape index (κ1) is 34.8. The van der Waals surface area contributed by atoms with Crippen molar-refractivity contribution in [3.63, 3.8) is 0 Å². The topological polar surface area (TPSA) is 84.4 Å². The lowest BCUT2D eigenvalue weighted by atomic mass is 9.66. The Balaban J connectivity index is 1.61. The summed E-state index contributed by atoms with van der Waals surface area (Å²) in [6.07, 6.45) is 4.75. The van der Waals surface area contributed by atoms with Gasteiger partial charge in [0.05, 0.1) is 29.2 Å². The minimum absolute atomic E-state index is 0.107. The van der Waals surface area contributed by atoms with Crippen LogP contribution in [-0.2, 0) is 14.4 Å². The van der Waals surface area contributed by atoms with Gasteiger partial charge in [-0.25, -0.2) is 0 Å². The molecule has 1 N–H and O–H groups in total. The first-order chi connectivity index (χ1) is 22.5. The van der Waals surface area contributed by atoms with Gasteiger partial charge >= 0.3 is 0 Å². The van der Waals surface area contributed by atoms with E-state index in [1.54, 1.807) is 38.6 Å². The van der Waals surface area contributed by atoms with E-state index in [0.29, 0.717) is 19.4 Å². The molecule has 2 aromatic carbocycles. The van der Waals surface area contributed by atoms with E-state index < -0.39 is 33.4 Å². The molecule has 3 fully saturated rings. The number of hydrogen-bond donors (Lipinski definition) is 1. The molecule has 6 atom stereocenters. The molecule has 0 saturated carbocycles. The fourth-order valence-electron chi connectivity index (χ4n) is 8.26. The number of aliphatic hydroxyl groups excluding tert-OH is 1. The van der Waals surface area contributed by atoms with E-state index >= 15 is 4.79 Å². The van der Waals surface area contributed by atoms with Gasteiger partial charge < -0.3 is 24.7 Å². The Bertz CT molecular complexity index is 1480. The van der Waals surface area contributed by atoms with Crippen LogP contribution in [0, 0.1) is 17.8 Å². The highest BCUT2D eigenvalue weighted by molar-refractivity contribution is 8.02. The number of thioether (sulfide) groups is 1. The first-order valence-corrected chi connectivity index (χ1v) is 17.7. The lowest BCUT2D eigenvalue weighted by Gasteiger charge is -2.40. The number of likely N-dealkylation sites (tertiary alicyclic amines) is 1. The maximum atomic E-state index is 15.1. The van der Waals surface area contributed by atoms with Crippen LogP contribution < -0.4 is 14.7 Å². The molecule has 3 heterocycles. The average Bonchev–Trinajstić information content (AvgIpc) is 3.64. The van der Waals surface area contributed by atoms with Gasteiger partial charge in [0.15, 0.2) is 0 Å². The van der Waals surface area contributed by atoms with Gasteiger partial charge in [0.1, 0.15) is 6.04 Å². The van der Waals surface area contributed by atoms with Gasteiger partial charge in [-0.2, -0.15) is 0 Å². The van der Waals surface area contributed by atoms with Crippen molar-refractivity contribution in [1.82, 2.24) is 4.90 Å². The Morgan fingerprint density at radius 1 is 0.936 bits per heavy atom. The van der Waals surface area contributed by atoms with E-state index in [1.807, 2.05) is 68.4 Å². The summed E-state index contributed by atoms with van der Waals surface area (Å²) >= 11 is 1.65. The van der Waals surface area contributed by atoms with Gasteiger partial charge in [-0.3, -0.25) is 14.4 Å². The number of carbonyl (C=O) groups is 3. The zero-order valence-electron chi connectivity index (χ0n) is 28.5. The van der Waals surface area contributed by atoms with E-state index in [4.69, 9.17) is 0 Å². The summed E-state index contributed by atoms with van der Waals surface area (Å²) in [5.41, 5.74) is 2.54. The molecular weight excluding hydrogens is 609 g/mol. The smallest absolute Gasteiger partial charge is 0.251 e. The molecule has 9 heteroatoms. The van der Waals surface area contributed by atoms with Crippen LogP contribution in [0.2, 0.25) is 0 Å². The molecule has 0 radical (unpaired) electrons. The molecule has 5 rings (SSSR count). The van der Waals surface area contributed by atoms with Crippen molar-refractivity contribution in [1.29, 1.82) is 0 Å². The average molecular weight is 659 g/mol. The molecule has 252 valence electrons. The summed E-state index contributed by atoms with van der Waals surface area (Å²) < 4.78 is -1.35. The molecule has 0 aliphatic carbocycles. The lowest BCUT2D eigenvalue weighted by Crippen LogP contribution is -2.58. The van der Waals surface area contributed by atoms with Crippen LogP contribution in [0.5, 0.6) is 0 Å². The fourth-order valence-corrected chi connectivity index (χ4v) is 10.6. The Morgan fingerprint density at radius 3 is 2.02 bits per heavy atom. The maximum Gasteiger partial charge on any atom is 0.251 e. The second-order valence-electron chi connectivity index (χ2n) is 13.5. The summed E-state index contributed by atoms with van der Waals surface area (Å²) in [5, 5.41) is 10.7. The van der Waals surface area contributed by atoms with E-state index in [1.165, 1.54) is 0 Å². The number of amides is 3. The number of fused-ring (bicyclic) bond motifs is 1. The molecule has 2 unspecified atom stereocenters. The predicted molar refractivity (Wildman–Crippen MR) is 193 cm³/mol. The third-order valence-electron chi connectivity index (χ3n) is 10.5. The molecule has 2 aromatic rings. The van der Waals surface area contributed by atoms with Crippen molar-refractivity contribution in [2.45, 2.75) is 69.0 Å². The van der Waals surface area contributed by atoms with Crippen molar-refractivity contribution < 1.29 is 19.5 Å². The Labute approximate surface area is 284 Å². The number of carbonyl (C=O) groups excluding carboxylic acids is 3. The Morgan fingerprint density at radius 2 is 1.49 bits per heavy atom. The van der Waals surface area contributed by atoms with E-state index in [0.717, 1.165) is 30.2 Å². The third-order valence-corrected chi connectivity index (χ3v) is 12.5. The summed E-state index contributed by atoms with van der Waals surface area (Å²) in [5.74, 6) is -1.99. The van der Waals surface area contributed by atoms with E-state index in [2.05, 4.69) is 38.8 Å². The largest absolute Gasteiger partial charge is 0.394 e. The van der Waals surface area contributed by atoms with Crippen molar-refractivity contribution in [3.8, 4) is 0 Å². The number of para-hydroxylation sites is 1. The van der Waals surface area contributed by atoms with E-state index in [-0.39, 0.29) is 36.8 Å². The van der Waals surface area contributed by atoms with Crippen LogP contribution in [0.1, 0.15) is 47.5 Å². The highest BCUT2D eigenvalue weighted by Crippen LogP contribution is 2.72. The molecule has 3 aliphatic heterocycles. The second kappa shape index (κ2) is 13.9. The SMILES string of the molecule is C=CCN(C(=O)C1N([C@@H](CO)C(C)C)C(=O)[C@@H]2[C@H](C(=O)N(CC=C)c3ccccc3)[C@]3(C)CCC12S3)c1ccc(N(CC)CC)cc1. The fraction of sp³-hybridized carbons (Fsp3) is 0.500. The number of anilines is 3. The van der Waals surface area contributed by atoms with Crippen LogP contribution >= 0.6 is 11.8 Å². The molecule has 3 saturated heterocycles. The highest BCUT2D eigenvalue weighted by Gasteiger charge is 2.78.